The zero-order valence-electron chi connectivity index (χ0n) is 11.6. The maximum atomic E-state index is 11.8. The number of hydrogen-bond acceptors (Lipinski definition) is 3. The molecule has 1 rings (SSSR count). The van der Waals surface area contributed by atoms with E-state index in [2.05, 4.69) is 10.6 Å². The second-order valence-electron chi connectivity index (χ2n) is 4.42. The third-order valence-electron chi connectivity index (χ3n) is 2.86. The Bertz CT molecular complexity index is 439. The first-order valence-corrected chi connectivity index (χ1v) is 7.77. The zero-order chi connectivity index (χ0) is 15.0. The third kappa shape index (κ3) is 5.52. The average Bonchev–Trinajstić information content (AvgIpc) is 2.44. The second kappa shape index (κ2) is 8.47. The first kappa shape index (κ1) is 16.4. The summed E-state index contributed by atoms with van der Waals surface area (Å²) in [5, 5.41) is 14.3. The Balaban J connectivity index is 2.51. The molecule has 0 aliphatic carbocycles. The van der Waals surface area contributed by atoms with Crippen molar-refractivity contribution in [2.75, 3.05) is 12.0 Å². The van der Waals surface area contributed by atoms with Gasteiger partial charge in [0.2, 0.25) is 0 Å². The van der Waals surface area contributed by atoms with E-state index in [0.29, 0.717) is 12.2 Å². The summed E-state index contributed by atoms with van der Waals surface area (Å²) < 4.78 is 0. The Morgan fingerprint density at radius 1 is 1.25 bits per heavy atom. The van der Waals surface area contributed by atoms with Crippen molar-refractivity contribution in [1.82, 2.24) is 10.6 Å². The van der Waals surface area contributed by atoms with Gasteiger partial charge in [-0.1, -0.05) is 30.3 Å². The van der Waals surface area contributed by atoms with E-state index in [4.69, 9.17) is 5.11 Å². The minimum atomic E-state index is -1.01. The smallest absolute Gasteiger partial charge is 0.326 e. The molecule has 0 radical (unpaired) electrons. The van der Waals surface area contributed by atoms with Gasteiger partial charge in [-0.25, -0.2) is 9.59 Å². The Morgan fingerprint density at radius 3 is 2.45 bits per heavy atom. The largest absolute Gasteiger partial charge is 0.480 e. The molecule has 110 valence electrons. The predicted octanol–water partition coefficient (Wildman–Crippen LogP) is 2.25. The summed E-state index contributed by atoms with van der Waals surface area (Å²) in [6.07, 6.45) is 2.31. The van der Waals surface area contributed by atoms with E-state index in [9.17, 15) is 9.59 Å². The molecule has 6 heteroatoms. The molecular weight excluding hydrogens is 276 g/mol. The molecule has 2 atom stereocenters. The highest BCUT2D eigenvalue weighted by atomic mass is 32.2. The topological polar surface area (TPSA) is 78.4 Å². The number of carboxylic acids is 1. The summed E-state index contributed by atoms with van der Waals surface area (Å²) in [5.74, 6) is -0.326. The van der Waals surface area contributed by atoms with Crippen molar-refractivity contribution in [3.63, 3.8) is 0 Å². The standard InChI is InChI=1S/C14H20N2O3S/c1-10(11-6-4-3-5-7-11)15-14(19)16-12(13(17)18)8-9-20-2/h3-7,10,12H,8-9H2,1-2H3,(H,17,18)(H2,15,16,19)/t10-,12+/m1/s1. The lowest BCUT2D eigenvalue weighted by atomic mass is 10.1. The van der Waals surface area contributed by atoms with Crippen LogP contribution in [0, 0.1) is 0 Å². The average molecular weight is 296 g/mol. The number of carboxylic acid groups (broad SMARTS) is 1. The number of hydrogen-bond donors (Lipinski definition) is 3. The lowest BCUT2D eigenvalue weighted by molar-refractivity contribution is -0.139. The van der Waals surface area contributed by atoms with Gasteiger partial charge in [0.1, 0.15) is 6.04 Å². The Labute approximate surface area is 123 Å². The first-order valence-electron chi connectivity index (χ1n) is 6.38. The molecular formula is C14H20N2O3S. The maximum Gasteiger partial charge on any atom is 0.326 e. The van der Waals surface area contributed by atoms with Crippen molar-refractivity contribution in [3.05, 3.63) is 35.9 Å². The van der Waals surface area contributed by atoms with Gasteiger partial charge in [-0.2, -0.15) is 11.8 Å². The maximum absolute atomic E-state index is 11.8. The SMILES string of the molecule is CSCC[C@H](NC(=O)N[C@H](C)c1ccccc1)C(=O)O. The fourth-order valence-electron chi connectivity index (χ4n) is 1.71. The van der Waals surface area contributed by atoms with Gasteiger partial charge in [0.05, 0.1) is 6.04 Å². The summed E-state index contributed by atoms with van der Waals surface area (Å²) in [6.45, 7) is 1.85. The van der Waals surface area contributed by atoms with Crippen LogP contribution in [0.5, 0.6) is 0 Å². The fourth-order valence-corrected chi connectivity index (χ4v) is 2.19. The molecule has 1 aromatic carbocycles. The number of carbonyl (C=O) groups is 2. The van der Waals surface area contributed by atoms with Crippen LogP contribution in [-0.2, 0) is 4.79 Å². The van der Waals surface area contributed by atoms with Crippen molar-refractivity contribution >= 4 is 23.8 Å². The van der Waals surface area contributed by atoms with Crippen LogP contribution in [0.4, 0.5) is 4.79 Å². The number of rotatable bonds is 7. The lowest BCUT2D eigenvalue weighted by Gasteiger charge is -2.18. The molecule has 3 N–H and O–H groups in total. The number of aliphatic carboxylic acids is 1. The third-order valence-corrected chi connectivity index (χ3v) is 3.51. The van der Waals surface area contributed by atoms with E-state index >= 15 is 0 Å². The van der Waals surface area contributed by atoms with Gasteiger partial charge in [-0.05, 0) is 30.9 Å². The molecule has 0 bridgehead atoms. The summed E-state index contributed by atoms with van der Waals surface area (Å²) in [6, 6.07) is 8.01. The van der Waals surface area contributed by atoms with Crippen molar-refractivity contribution in [1.29, 1.82) is 0 Å². The van der Waals surface area contributed by atoms with E-state index in [0.717, 1.165) is 5.56 Å². The molecule has 0 spiro atoms. The Kier molecular flexibility index (Phi) is 6.93. The molecule has 0 unspecified atom stereocenters. The van der Waals surface area contributed by atoms with Crippen LogP contribution < -0.4 is 10.6 Å². The molecule has 0 saturated carbocycles. The van der Waals surface area contributed by atoms with Crippen molar-refractivity contribution in [3.8, 4) is 0 Å². The van der Waals surface area contributed by atoms with Gasteiger partial charge < -0.3 is 15.7 Å². The molecule has 0 aromatic heterocycles. The summed E-state index contributed by atoms with van der Waals surface area (Å²) in [5.41, 5.74) is 0.971. The van der Waals surface area contributed by atoms with E-state index in [-0.39, 0.29) is 6.04 Å². The van der Waals surface area contributed by atoms with Gasteiger partial charge >= 0.3 is 12.0 Å². The summed E-state index contributed by atoms with van der Waals surface area (Å²) in [4.78, 5) is 22.9. The highest BCUT2D eigenvalue weighted by Crippen LogP contribution is 2.10. The molecule has 0 heterocycles. The molecule has 0 saturated heterocycles. The number of thioether (sulfide) groups is 1. The quantitative estimate of drug-likeness (QED) is 0.721. The molecule has 2 amide bonds. The van der Waals surface area contributed by atoms with E-state index < -0.39 is 18.0 Å². The molecule has 20 heavy (non-hydrogen) atoms. The minimum absolute atomic E-state index is 0.175. The van der Waals surface area contributed by atoms with Crippen LogP contribution in [-0.4, -0.2) is 35.2 Å². The minimum Gasteiger partial charge on any atom is -0.480 e. The molecule has 5 nitrogen and oxygen atoms in total. The van der Waals surface area contributed by atoms with Crippen LogP contribution in [0.3, 0.4) is 0 Å². The zero-order valence-corrected chi connectivity index (χ0v) is 12.4. The highest BCUT2D eigenvalue weighted by Gasteiger charge is 2.20. The molecule has 1 aromatic rings. The predicted molar refractivity (Wildman–Crippen MR) is 80.9 cm³/mol. The first-order chi connectivity index (χ1) is 9.54. The van der Waals surface area contributed by atoms with Crippen LogP contribution in [0.15, 0.2) is 30.3 Å². The van der Waals surface area contributed by atoms with E-state index in [1.165, 1.54) is 0 Å². The van der Waals surface area contributed by atoms with Crippen molar-refractivity contribution < 1.29 is 14.7 Å². The number of carbonyl (C=O) groups excluding carboxylic acids is 1. The van der Waals surface area contributed by atoms with Gasteiger partial charge in [-0.3, -0.25) is 0 Å². The number of urea groups is 1. The Morgan fingerprint density at radius 2 is 1.90 bits per heavy atom. The van der Waals surface area contributed by atoms with Crippen molar-refractivity contribution in [2.24, 2.45) is 0 Å². The van der Waals surface area contributed by atoms with Crippen LogP contribution in [0.25, 0.3) is 0 Å². The summed E-state index contributed by atoms with van der Waals surface area (Å²) >= 11 is 1.55. The highest BCUT2D eigenvalue weighted by molar-refractivity contribution is 7.98. The van der Waals surface area contributed by atoms with Crippen molar-refractivity contribution in [2.45, 2.75) is 25.4 Å². The number of benzene rings is 1. The van der Waals surface area contributed by atoms with Gasteiger partial charge in [0.15, 0.2) is 0 Å². The van der Waals surface area contributed by atoms with Crippen LogP contribution in [0.1, 0.15) is 24.9 Å². The van der Waals surface area contributed by atoms with E-state index in [1.54, 1.807) is 11.8 Å². The monoisotopic (exact) mass is 296 g/mol. The second-order valence-corrected chi connectivity index (χ2v) is 5.41. The fraction of sp³-hybridized carbons (Fsp3) is 0.429. The van der Waals surface area contributed by atoms with Crippen LogP contribution in [0.2, 0.25) is 0 Å². The van der Waals surface area contributed by atoms with Gasteiger partial charge in [-0.15, -0.1) is 0 Å². The number of amides is 2. The van der Waals surface area contributed by atoms with Gasteiger partial charge in [0.25, 0.3) is 0 Å². The normalized spacial score (nSPS) is 13.3. The molecule has 0 aliphatic heterocycles. The van der Waals surface area contributed by atoms with Gasteiger partial charge in [0, 0.05) is 0 Å². The molecule has 0 aliphatic rings. The Hall–Kier alpha value is -1.69. The molecule has 0 fully saturated rings. The van der Waals surface area contributed by atoms with Crippen LogP contribution >= 0.6 is 11.8 Å². The number of nitrogens with one attached hydrogen (secondary N) is 2. The summed E-state index contributed by atoms with van der Waals surface area (Å²) in [7, 11) is 0. The lowest BCUT2D eigenvalue weighted by Crippen LogP contribution is -2.46. The van der Waals surface area contributed by atoms with E-state index in [1.807, 2.05) is 43.5 Å².